The Hall–Kier alpha value is -3.42. The van der Waals surface area contributed by atoms with Gasteiger partial charge in [-0.3, -0.25) is 14.9 Å². The first-order valence-corrected chi connectivity index (χ1v) is 10.1. The van der Waals surface area contributed by atoms with Gasteiger partial charge in [-0.05, 0) is 49.4 Å². The summed E-state index contributed by atoms with van der Waals surface area (Å²) in [6, 6.07) is 12.3. The fourth-order valence-corrected chi connectivity index (χ4v) is 3.36. The molecule has 3 rings (SSSR count). The second-order valence-electron chi connectivity index (χ2n) is 7.13. The quantitative estimate of drug-likeness (QED) is 0.407. The van der Waals surface area contributed by atoms with Crippen molar-refractivity contribution < 1.29 is 14.5 Å². The van der Waals surface area contributed by atoms with Gasteiger partial charge in [-0.2, -0.15) is 5.10 Å². The van der Waals surface area contributed by atoms with E-state index < -0.39 is 10.8 Å². The van der Waals surface area contributed by atoms with Crippen molar-refractivity contribution in [3.8, 4) is 5.75 Å². The topological polar surface area (TPSA) is 97.1 Å². The number of non-ortho nitro benzene ring substituents is 1. The van der Waals surface area contributed by atoms with Crippen LogP contribution >= 0.6 is 0 Å². The minimum atomic E-state index is -0.437. The molecule has 1 N–H and O–H groups in total. The highest BCUT2D eigenvalue weighted by Crippen LogP contribution is 2.26. The van der Waals surface area contributed by atoms with Gasteiger partial charge in [-0.25, -0.2) is 5.43 Å². The van der Waals surface area contributed by atoms with Gasteiger partial charge < -0.3 is 9.64 Å². The number of rotatable bonds is 8. The van der Waals surface area contributed by atoms with Crippen molar-refractivity contribution in [3.05, 3.63) is 63.7 Å². The molecule has 0 spiro atoms. The zero-order valence-corrected chi connectivity index (χ0v) is 17.0. The van der Waals surface area contributed by atoms with Gasteiger partial charge in [0.15, 0.2) is 6.61 Å². The Morgan fingerprint density at radius 3 is 2.60 bits per heavy atom. The summed E-state index contributed by atoms with van der Waals surface area (Å²) in [7, 11) is 0. The first-order valence-electron chi connectivity index (χ1n) is 10.1. The van der Waals surface area contributed by atoms with Crippen molar-refractivity contribution in [3.63, 3.8) is 0 Å². The van der Waals surface area contributed by atoms with Gasteiger partial charge in [0.2, 0.25) is 0 Å². The van der Waals surface area contributed by atoms with E-state index in [1.54, 1.807) is 6.07 Å². The summed E-state index contributed by atoms with van der Waals surface area (Å²) in [5.74, 6) is 0.202. The third kappa shape index (κ3) is 5.79. The molecule has 8 heteroatoms. The van der Waals surface area contributed by atoms with Crippen LogP contribution in [0.4, 0.5) is 11.4 Å². The summed E-state index contributed by atoms with van der Waals surface area (Å²) in [4.78, 5) is 24.9. The highest BCUT2D eigenvalue weighted by atomic mass is 16.6. The van der Waals surface area contributed by atoms with E-state index in [0.717, 1.165) is 38.0 Å². The van der Waals surface area contributed by atoms with Crippen LogP contribution < -0.4 is 15.1 Å². The second-order valence-corrected chi connectivity index (χ2v) is 7.13. The Bertz CT molecular complexity index is 906. The zero-order valence-electron chi connectivity index (χ0n) is 17.0. The predicted molar refractivity (Wildman–Crippen MR) is 116 cm³/mol. The normalized spacial score (nSPS) is 14.0. The highest BCUT2D eigenvalue weighted by Gasteiger charge is 2.17. The first-order chi connectivity index (χ1) is 14.6. The van der Waals surface area contributed by atoms with Crippen LogP contribution in [0.1, 0.15) is 37.3 Å². The van der Waals surface area contributed by atoms with Gasteiger partial charge in [-0.1, -0.05) is 19.1 Å². The summed E-state index contributed by atoms with van der Waals surface area (Å²) in [5.41, 5.74) is 5.08. The molecule has 2 aromatic carbocycles. The molecule has 0 unspecified atom stereocenters. The number of ether oxygens (including phenoxy) is 1. The predicted octanol–water partition coefficient (Wildman–Crippen LogP) is 3.68. The zero-order chi connectivity index (χ0) is 21.3. The van der Waals surface area contributed by atoms with Crippen LogP contribution in [0.25, 0.3) is 0 Å². The Morgan fingerprint density at radius 2 is 1.93 bits per heavy atom. The van der Waals surface area contributed by atoms with E-state index in [2.05, 4.69) is 22.4 Å². The molecule has 0 aromatic heterocycles. The Morgan fingerprint density at radius 1 is 1.20 bits per heavy atom. The number of hydrogen-bond donors (Lipinski definition) is 1. The van der Waals surface area contributed by atoms with E-state index >= 15 is 0 Å². The molecular formula is C22H26N4O4. The minimum Gasteiger partial charge on any atom is -0.484 e. The average Bonchev–Trinajstić information content (AvgIpc) is 2.78. The third-order valence-corrected chi connectivity index (χ3v) is 5.01. The number of anilines is 1. The van der Waals surface area contributed by atoms with Crippen LogP contribution in [0.15, 0.2) is 47.6 Å². The summed E-state index contributed by atoms with van der Waals surface area (Å²) in [6.07, 6.45) is 5.74. The molecule has 1 saturated heterocycles. The Balaban J connectivity index is 1.62. The molecule has 0 aliphatic carbocycles. The van der Waals surface area contributed by atoms with Crippen molar-refractivity contribution in [2.45, 2.75) is 32.6 Å². The van der Waals surface area contributed by atoms with Crippen LogP contribution in [0.5, 0.6) is 5.75 Å². The summed E-state index contributed by atoms with van der Waals surface area (Å²) >= 11 is 0. The lowest BCUT2D eigenvalue weighted by molar-refractivity contribution is -0.384. The Labute approximate surface area is 175 Å². The number of nitro groups is 1. The maximum atomic E-state index is 12.0. The lowest BCUT2D eigenvalue weighted by Crippen LogP contribution is -2.30. The molecule has 1 aliphatic heterocycles. The number of benzene rings is 2. The SMILES string of the molecule is CCc1ccc(OCC(=O)NN=Cc2cc([N+](=O)[O-])ccc2N2CCCCC2)cc1. The molecule has 0 radical (unpaired) electrons. The maximum Gasteiger partial charge on any atom is 0.277 e. The number of nitrogens with one attached hydrogen (secondary N) is 1. The van der Waals surface area contributed by atoms with E-state index in [0.29, 0.717) is 11.3 Å². The number of nitrogens with zero attached hydrogens (tertiary/aromatic N) is 3. The molecule has 1 heterocycles. The van der Waals surface area contributed by atoms with Gasteiger partial charge in [0.05, 0.1) is 11.1 Å². The number of piperidine rings is 1. The monoisotopic (exact) mass is 410 g/mol. The first kappa shape index (κ1) is 21.3. The fourth-order valence-electron chi connectivity index (χ4n) is 3.36. The molecule has 0 saturated carbocycles. The van der Waals surface area contributed by atoms with E-state index in [4.69, 9.17) is 4.74 Å². The van der Waals surface area contributed by atoms with Gasteiger partial charge >= 0.3 is 0 Å². The highest BCUT2D eigenvalue weighted by molar-refractivity contribution is 5.90. The van der Waals surface area contributed by atoms with Gasteiger partial charge in [-0.15, -0.1) is 0 Å². The molecule has 30 heavy (non-hydrogen) atoms. The smallest absolute Gasteiger partial charge is 0.277 e. The molecule has 1 aliphatic rings. The minimum absolute atomic E-state index is 0.0117. The van der Waals surface area contributed by atoms with Crippen molar-refractivity contribution >= 4 is 23.5 Å². The van der Waals surface area contributed by atoms with Gasteiger partial charge in [0.1, 0.15) is 5.75 Å². The molecular weight excluding hydrogens is 384 g/mol. The van der Waals surface area contributed by atoms with Crippen molar-refractivity contribution in [1.29, 1.82) is 0 Å². The van der Waals surface area contributed by atoms with Crippen molar-refractivity contribution in [2.24, 2.45) is 5.10 Å². The van der Waals surface area contributed by atoms with Crippen molar-refractivity contribution in [1.82, 2.24) is 5.43 Å². The summed E-state index contributed by atoms with van der Waals surface area (Å²) in [6.45, 7) is 3.70. The third-order valence-electron chi connectivity index (χ3n) is 5.01. The lowest BCUT2D eigenvalue weighted by Gasteiger charge is -2.29. The number of nitro benzene ring substituents is 1. The average molecular weight is 410 g/mol. The van der Waals surface area contributed by atoms with E-state index in [-0.39, 0.29) is 12.3 Å². The van der Waals surface area contributed by atoms with E-state index in [9.17, 15) is 14.9 Å². The van der Waals surface area contributed by atoms with Crippen LogP contribution in [0, 0.1) is 10.1 Å². The van der Waals surface area contributed by atoms with E-state index in [1.807, 2.05) is 24.3 Å². The number of aryl methyl sites for hydroxylation is 1. The van der Waals surface area contributed by atoms with Crippen LogP contribution in [0.2, 0.25) is 0 Å². The summed E-state index contributed by atoms with van der Waals surface area (Å²) < 4.78 is 5.46. The molecule has 1 amide bonds. The molecule has 0 bridgehead atoms. The Kier molecular flexibility index (Phi) is 7.37. The number of carbonyl (C=O) groups is 1. The van der Waals surface area contributed by atoms with Crippen LogP contribution in [-0.4, -0.2) is 36.7 Å². The molecule has 8 nitrogen and oxygen atoms in total. The number of carbonyl (C=O) groups excluding carboxylic acids is 1. The van der Waals surface area contributed by atoms with E-state index in [1.165, 1.54) is 30.3 Å². The van der Waals surface area contributed by atoms with Crippen molar-refractivity contribution in [2.75, 3.05) is 24.6 Å². The van der Waals surface area contributed by atoms with Gasteiger partial charge in [0, 0.05) is 36.5 Å². The second kappa shape index (κ2) is 10.4. The molecule has 0 atom stereocenters. The largest absolute Gasteiger partial charge is 0.484 e. The summed E-state index contributed by atoms with van der Waals surface area (Å²) in [5, 5.41) is 15.1. The molecule has 2 aromatic rings. The molecule has 1 fully saturated rings. The fraction of sp³-hybridized carbons (Fsp3) is 0.364. The lowest BCUT2D eigenvalue weighted by atomic mass is 10.1. The standard InChI is InChI=1S/C22H26N4O4/c1-2-17-6-9-20(10-7-17)30-16-22(27)24-23-15-18-14-19(26(28)29)8-11-21(18)25-12-4-3-5-13-25/h6-11,14-15H,2-5,12-13,16H2,1H3,(H,24,27). The molecule has 158 valence electrons. The van der Waals surface area contributed by atoms with Crippen LogP contribution in [0.3, 0.4) is 0 Å². The van der Waals surface area contributed by atoms with Crippen LogP contribution in [-0.2, 0) is 11.2 Å². The number of hydrazone groups is 1. The number of hydrogen-bond acceptors (Lipinski definition) is 6. The van der Waals surface area contributed by atoms with Gasteiger partial charge in [0.25, 0.3) is 11.6 Å². The maximum absolute atomic E-state index is 12.0. The number of amides is 1.